The number of rotatable bonds is 26. The van der Waals surface area contributed by atoms with Crippen LogP contribution in [0.2, 0.25) is 0 Å². The summed E-state index contributed by atoms with van der Waals surface area (Å²) < 4.78 is 110. The minimum Gasteiger partial charge on any atom is -0.394 e. The van der Waals surface area contributed by atoms with Crippen molar-refractivity contribution in [1.29, 1.82) is 0 Å². The predicted octanol–water partition coefficient (Wildman–Crippen LogP) is 1.67. The van der Waals surface area contributed by atoms with E-state index in [1.807, 2.05) is 0 Å². The van der Waals surface area contributed by atoms with Crippen LogP contribution in [0.15, 0.2) is 12.7 Å². The molecule has 0 aromatic rings. The van der Waals surface area contributed by atoms with Crippen LogP contribution in [-0.4, -0.2) is 131 Å². The first-order valence-electron chi connectivity index (χ1n) is 11.5. The molecule has 222 valence electrons. The summed E-state index contributed by atoms with van der Waals surface area (Å²) in [5.41, 5.74) is 0. The lowest BCUT2D eigenvalue weighted by molar-refractivity contribution is -0.184. The molecule has 37 heavy (non-hydrogen) atoms. The van der Waals surface area contributed by atoms with Crippen molar-refractivity contribution >= 4 is 0 Å². The van der Waals surface area contributed by atoms with E-state index in [9.17, 15) is 36.6 Å². The highest BCUT2D eigenvalue weighted by Crippen LogP contribution is 2.21. The minimum absolute atomic E-state index is 0.0637. The molecule has 0 saturated carbocycles. The lowest BCUT2D eigenvalue weighted by atomic mass is 10.3. The first kappa shape index (κ1) is 36.0. The highest BCUT2D eigenvalue weighted by molar-refractivity contribution is 4.71. The Balaban J connectivity index is 4.04. The molecule has 0 aliphatic heterocycles. The van der Waals surface area contributed by atoms with Crippen LogP contribution < -0.4 is 0 Å². The average Bonchev–Trinajstić information content (AvgIpc) is 2.78. The zero-order valence-electron chi connectivity index (χ0n) is 20.6. The highest BCUT2D eigenvalue weighted by atomic mass is 19.3. The van der Waals surface area contributed by atoms with Gasteiger partial charge in [-0.3, -0.25) is 0 Å². The van der Waals surface area contributed by atoms with E-state index in [0.29, 0.717) is 0 Å². The summed E-state index contributed by atoms with van der Waals surface area (Å²) in [6, 6.07) is 0. The van der Waals surface area contributed by atoms with Crippen molar-refractivity contribution in [2.75, 3.05) is 85.9 Å². The van der Waals surface area contributed by atoms with E-state index in [0.717, 1.165) is 0 Å². The summed E-state index contributed by atoms with van der Waals surface area (Å²) in [6.45, 7) is -5.31. The molecular formula is C22H38F6O9. The zero-order chi connectivity index (χ0) is 28.2. The molecule has 3 N–H and O–H groups in total. The van der Waals surface area contributed by atoms with E-state index < -0.39 is 82.8 Å². The number of hydrogen-bond donors (Lipinski definition) is 3. The van der Waals surface area contributed by atoms with E-state index in [4.69, 9.17) is 14.6 Å². The third kappa shape index (κ3) is 22.6. The van der Waals surface area contributed by atoms with E-state index in [-0.39, 0.29) is 45.9 Å². The maximum Gasteiger partial charge on any atom is 0.293 e. The molecule has 0 bridgehead atoms. The van der Waals surface area contributed by atoms with Gasteiger partial charge in [-0.05, 0) is 12.8 Å². The maximum atomic E-state index is 13.7. The maximum absolute atomic E-state index is 13.7. The number of alkyl halides is 6. The van der Waals surface area contributed by atoms with E-state index in [1.54, 1.807) is 0 Å². The van der Waals surface area contributed by atoms with Gasteiger partial charge in [0.1, 0.15) is 39.6 Å². The summed E-state index contributed by atoms with van der Waals surface area (Å²) in [5.74, 6) is -11.1. The van der Waals surface area contributed by atoms with Crippen LogP contribution in [0.3, 0.4) is 0 Å². The van der Waals surface area contributed by atoms with Crippen LogP contribution in [0, 0.1) is 0 Å². The minimum atomic E-state index is -3.82. The van der Waals surface area contributed by atoms with Crippen molar-refractivity contribution in [1.82, 2.24) is 0 Å². The summed E-state index contributed by atoms with van der Waals surface area (Å²) in [5, 5.41) is 27.7. The van der Waals surface area contributed by atoms with Crippen LogP contribution >= 0.6 is 0 Å². The molecule has 0 aliphatic carbocycles. The fourth-order valence-electron chi connectivity index (χ4n) is 2.45. The molecule has 15 heteroatoms. The third-order valence-electron chi connectivity index (χ3n) is 4.16. The molecular weight excluding hydrogens is 522 g/mol. The summed E-state index contributed by atoms with van der Waals surface area (Å²) >= 11 is 0. The van der Waals surface area contributed by atoms with Gasteiger partial charge in [-0.1, -0.05) is 6.08 Å². The SMILES string of the molecule is C=CCOCCC(O)COCC(F)(F)COCC(F)(F)COCC(F)(F)COCC(O)CCOCCO. The van der Waals surface area contributed by atoms with Gasteiger partial charge in [-0.2, -0.15) is 0 Å². The Kier molecular flexibility index (Phi) is 19.4. The molecule has 0 aromatic heterocycles. The van der Waals surface area contributed by atoms with Gasteiger partial charge < -0.3 is 43.7 Å². The molecule has 2 unspecified atom stereocenters. The Morgan fingerprint density at radius 3 is 1.35 bits per heavy atom. The van der Waals surface area contributed by atoms with Crippen LogP contribution in [0.5, 0.6) is 0 Å². The van der Waals surface area contributed by atoms with Gasteiger partial charge >= 0.3 is 0 Å². The summed E-state index contributed by atoms with van der Waals surface area (Å²) in [6.07, 6.45) is -0.453. The second kappa shape index (κ2) is 19.9. The Morgan fingerprint density at radius 1 is 0.595 bits per heavy atom. The number of ether oxygens (including phenoxy) is 6. The number of hydrogen-bond acceptors (Lipinski definition) is 9. The van der Waals surface area contributed by atoms with Crippen molar-refractivity contribution in [3.63, 3.8) is 0 Å². The van der Waals surface area contributed by atoms with Gasteiger partial charge in [-0.25, -0.2) is 26.3 Å². The lowest BCUT2D eigenvalue weighted by Gasteiger charge is -2.22. The Labute approximate surface area is 212 Å². The Hall–Kier alpha value is -1.04. The number of halogens is 6. The van der Waals surface area contributed by atoms with Crippen molar-refractivity contribution in [2.24, 2.45) is 0 Å². The normalized spacial score (nSPS) is 14.6. The van der Waals surface area contributed by atoms with Gasteiger partial charge in [0.25, 0.3) is 17.8 Å². The van der Waals surface area contributed by atoms with Crippen LogP contribution in [0.4, 0.5) is 26.3 Å². The van der Waals surface area contributed by atoms with Crippen molar-refractivity contribution < 1.29 is 70.1 Å². The second-order valence-corrected chi connectivity index (χ2v) is 8.17. The van der Waals surface area contributed by atoms with Gasteiger partial charge in [0.15, 0.2) is 0 Å². The fourth-order valence-corrected chi connectivity index (χ4v) is 2.45. The monoisotopic (exact) mass is 560 g/mol. The largest absolute Gasteiger partial charge is 0.394 e. The molecule has 0 aromatic carbocycles. The van der Waals surface area contributed by atoms with Gasteiger partial charge in [-0.15, -0.1) is 6.58 Å². The van der Waals surface area contributed by atoms with Crippen molar-refractivity contribution in [3.05, 3.63) is 12.7 Å². The fraction of sp³-hybridized carbons (Fsp3) is 0.909. The van der Waals surface area contributed by atoms with E-state index in [1.165, 1.54) is 6.08 Å². The topological polar surface area (TPSA) is 116 Å². The first-order chi connectivity index (χ1) is 17.3. The molecule has 0 spiro atoms. The Morgan fingerprint density at radius 2 is 0.973 bits per heavy atom. The lowest BCUT2D eigenvalue weighted by Crippen LogP contribution is -2.38. The molecule has 0 rings (SSSR count). The predicted molar refractivity (Wildman–Crippen MR) is 118 cm³/mol. The van der Waals surface area contributed by atoms with Gasteiger partial charge in [0.05, 0.1) is 45.2 Å². The number of aliphatic hydroxyl groups is 3. The number of aliphatic hydroxyl groups excluding tert-OH is 3. The van der Waals surface area contributed by atoms with Crippen LogP contribution in [0.1, 0.15) is 12.8 Å². The van der Waals surface area contributed by atoms with Crippen LogP contribution in [0.25, 0.3) is 0 Å². The van der Waals surface area contributed by atoms with E-state index >= 15 is 0 Å². The van der Waals surface area contributed by atoms with E-state index in [2.05, 4.69) is 25.5 Å². The molecule has 0 amide bonds. The summed E-state index contributed by atoms with van der Waals surface area (Å²) in [4.78, 5) is 0. The standard InChI is InChI=1S/C22H38F6O9/c1-2-6-32-7-3-18(30)10-34-12-20(23,24)14-36-16-22(27,28)17-37-15-21(25,26)13-35-11-19(31)4-8-33-9-5-29/h2,18-19,29-31H,1,3-17H2. The molecule has 9 nitrogen and oxygen atoms in total. The van der Waals surface area contributed by atoms with Crippen LogP contribution in [-0.2, 0) is 28.4 Å². The molecule has 0 heterocycles. The molecule has 2 atom stereocenters. The molecule has 0 radical (unpaired) electrons. The quantitative estimate of drug-likeness (QED) is 0.0826. The summed E-state index contributed by atoms with van der Waals surface area (Å²) in [7, 11) is 0. The van der Waals surface area contributed by atoms with Gasteiger partial charge in [0.2, 0.25) is 0 Å². The van der Waals surface area contributed by atoms with Crippen molar-refractivity contribution in [3.8, 4) is 0 Å². The molecule has 0 aliphatic rings. The third-order valence-corrected chi connectivity index (χ3v) is 4.16. The average molecular weight is 561 g/mol. The smallest absolute Gasteiger partial charge is 0.293 e. The molecule has 0 fully saturated rings. The Bertz CT molecular complexity index is 573. The highest BCUT2D eigenvalue weighted by Gasteiger charge is 2.37. The zero-order valence-corrected chi connectivity index (χ0v) is 20.6. The molecule has 0 saturated heterocycles. The van der Waals surface area contributed by atoms with Crippen molar-refractivity contribution in [2.45, 2.75) is 42.8 Å². The van der Waals surface area contributed by atoms with Gasteiger partial charge in [0, 0.05) is 13.2 Å². The first-order valence-corrected chi connectivity index (χ1v) is 11.5. The second-order valence-electron chi connectivity index (χ2n) is 8.17.